The number of nitrogens with zero attached hydrogens (tertiary/aromatic N) is 6. The molecule has 0 spiro atoms. The maximum Gasteiger partial charge on any atom is 0.235 e. The largest absolute Gasteiger partial charge is 0.506 e. The zero-order chi connectivity index (χ0) is 105. The highest BCUT2D eigenvalue weighted by atomic mass is 35.5. The monoisotopic (exact) mass is 2170 g/mol. The van der Waals surface area contributed by atoms with Crippen molar-refractivity contribution in [3.8, 4) is 88.0 Å². The van der Waals surface area contributed by atoms with Crippen molar-refractivity contribution in [2.75, 3.05) is 91.1 Å². The van der Waals surface area contributed by atoms with E-state index in [-0.39, 0.29) is 61.4 Å². The van der Waals surface area contributed by atoms with Gasteiger partial charge in [0.15, 0.2) is 10.3 Å². The number of aromatic nitrogens is 5. The number of hydrogen-bond acceptors (Lipinski definition) is 32. The number of phenolic OH excluding ortho intramolecular Hbond substituents is 4. The van der Waals surface area contributed by atoms with E-state index in [9.17, 15) is 66.9 Å². The summed E-state index contributed by atoms with van der Waals surface area (Å²) in [5, 5.41) is 67.7. The van der Waals surface area contributed by atoms with Crippen molar-refractivity contribution in [1.82, 2.24) is 48.1 Å². The van der Waals surface area contributed by atoms with Crippen molar-refractivity contribution in [2.24, 2.45) is 0 Å². The van der Waals surface area contributed by atoms with Crippen LogP contribution in [0.1, 0.15) is 76.2 Å². The predicted octanol–water partition coefficient (Wildman–Crippen LogP) is 17.1. The molecule has 1 aliphatic rings. The number of phenols is 4. The molecule has 146 heavy (non-hydrogen) atoms. The summed E-state index contributed by atoms with van der Waals surface area (Å²) in [4.78, 5) is 21.4. The third-order valence-corrected chi connectivity index (χ3v) is 31.1. The van der Waals surface area contributed by atoms with Crippen molar-refractivity contribution in [2.45, 2.75) is 59.9 Å². The molecule has 0 radical (unpaired) electrons. The van der Waals surface area contributed by atoms with Crippen LogP contribution in [0, 0.1) is 85.8 Å². The third kappa shape index (κ3) is 31.8. The molecule has 10 aromatic carbocycles. The average Bonchev–Trinajstić information content (AvgIpc) is 1.76. The highest BCUT2D eigenvalue weighted by Crippen LogP contribution is 2.38. The Bertz CT molecular complexity index is 8360. The Balaban J connectivity index is 0.000000162. The fourth-order valence-corrected chi connectivity index (χ4v) is 21.1. The van der Waals surface area contributed by atoms with Crippen LogP contribution in [0.3, 0.4) is 0 Å². The molecule has 44 heteroatoms. The molecule has 32 nitrogen and oxygen atoms in total. The molecule has 0 unspecified atom stereocenters. The number of anilines is 7. The van der Waals surface area contributed by atoms with Crippen LogP contribution in [0.15, 0.2) is 224 Å². The van der Waals surface area contributed by atoms with Gasteiger partial charge in [-0.15, -0.1) is 34.0 Å². The maximum absolute atomic E-state index is 14.0. The van der Waals surface area contributed by atoms with E-state index in [1.807, 2.05) is 124 Å². The number of aryl methyl sites for hydroxylation is 3. The number of nitrogen functional groups attached to an aromatic ring is 1. The lowest BCUT2D eigenvalue weighted by Crippen LogP contribution is -2.35. The fourth-order valence-electron chi connectivity index (χ4n) is 13.7. The van der Waals surface area contributed by atoms with E-state index >= 15 is 0 Å². The lowest BCUT2D eigenvalue weighted by Gasteiger charge is -2.28. The third-order valence-electron chi connectivity index (χ3n) is 20.7. The molecule has 0 amide bonds. The van der Waals surface area contributed by atoms with E-state index in [1.54, 1.807) is 61.9 Å². The van der Waals surface area contributed by atoms with E-state index in [0.29, 0.717) is 111 Å². The highest BCUT2D eigenvalue weighted by molar-refractivity contribution is 7.93. The summed E-state index contributed by atoms with van der Waals surface area (Å²) in [5.74, 6) is 30.7. The van der Waals surface area contributed by atoms with Crippen molar-refractivity contribution >= 4 is 208 Å². The zero-order valence-corrected chi connectivity index (χ0v) is 87.8. The molecule has 0 saturated heterocycles. The summed E-state index contributed by atoms with van der Waals surface area (Å²) < 4.78 is 151. The van der Waals surface area contributed by atoms with Gasteiger partial charge in [0.25, 0.3) is 0 Å². The number of methoxy groups -OCH3 is 1. The molecule has 0 fully saturated rings. The first-order valence-electron chi connectivity index (χ1n) is 43.7. The van der Waals surface area contributed by atoms with Gasteiger partial charge in [0.1, 0.15) is 62.1 Å². The number of halogens is 2. The number of hydrogen-bond donors (Lipinski definition) is 15. The lowest BCUT2D eigenvalue weighted by atomic mass is 9.99. The molecule has 5 aromatic heterocycles. The number of fused-ring (bicyclic) bond motifs is 6. The molecule has 754 valence electrons. The summed E-state index contributed by atoms with van der Waals surface area (Å²) in [5.41, 5.74) is 20.7. The fraction of sp³-hybridized carbons (Fsp3) is 0.167. The molecule has 0 bridgehead atoms. The van der Waals surface area contributed by atoms with E-state index in [0.717, 1.165) is 132 Å². The SMILES string of the molecule is C=CS(=O)(=O)N1CCc2cccc(NCC#Cc3cc(O)c4nc(C)sc4c3)c2C1.C=CS(=O)(=O)NCc1ccc(F)c(NCC#Cc2cc(O)c3nc(C)sc3c2)c1.C=CS(=O)(=O)NCc1cccc(NCC#Cc2cc(O)c3nc(N)sc3c2)c1Cl.C=CS(=O)(=O)NCc1cccc(NCC#Cc2cc(O)c3nc(NC)sc3c2)c1.C=CS(=O)(=O)NCc1cccc(NCC#Cc2cc(OC)c3nc(C)sc3c2)c1. The molecule has 16 rings (SSSR count). The molecule has 0 atom stereocenters. The Labute approximate surface area is 870 Å². The molecule has 6 heterocycles. The maximum atomic E-state index is 14.0. The van der Waals surface area contributed by atoms with Gasteiger partial charge in [0, 0.05) is 118 Å². The second-order valence-corrected chi connectivity index (χ2v) is 46.0. The summed E-state index contributed by atoms with van der Waals surface area (Å²) in [6, 6.07) is 48.0. The predicted molar refractivity (Wildman–Crippen MR) is 591 cm³/mol. The normalized spacial score (nSPS) is 11.6. The number of thiazole rings is 5. The minimum Gasteiger partial charge on any atom is -0.506 e. The lowest BCUT2D eigenvalue weighted by molar-refractivity contribution is 0.397. The Morgan fingerprint density at radius 2 is 0.822 bits per heavy atom. The van der Waals surface area contributed by atoms with Crippen LogP contribution in [0.5, 0.6) is 28.7 Å². The van der Waals surface area contributed by atoms with Crippen LogP contribution < -0.4 is 61.3 Å². The second kappa shape index (κ2) is 50.8. The van der Waals surface area contributed by atoms with Gasteiger partial charge in [-0.05, 0) is 170 Å². The van der Waals surface area contributed by atoms with Gasteiger partial charge in [0.2, 0.25) is 50.1 Å². The molecule has 1 aliphatic heterocycles. The molecule has 0 aliphatic carbocycles. The van der Waals surface area contributed by atoms with Gasteiger partial charge in [-0.2, -0.15) is 4.31 Å². The number of benzene rings is 10. The molecule has 15 aromatic rings. The topological polar surface area (TPSA) is 475 Å². The number of nitrogens with two attached hydrogens (primary N) is 1. The van der Waals surface area contributed by atoms with Crippen LogP contribution >= 0.6 is 68.3 Å². The molecule has 0 saturated carbocycles. The number of aromatic hydroxyl groups is 4. The summed E-state index contributed by atoms with van der Waals surface area (Å²) >= 11 is 13.7. The summed E-state index contributed by atoms with van der Waals surface area (Å²) in [7, 11) is -14.0. The van der Waals surface area contributed by atoms with Crippen LogP contribution in [0.4, 0.5) is 43.1 Å². The zero-order valence-electron chi connectivity index (χ0n) is 78.9. The summed E-state index contributed by atoms with van der Waals surface area (Å²) in [6.45, 7) is 25.1. The van der Waals surface area contributed by atoms with E-state index < -0.39 is 55.9 Å². The number of rotatable bonds is 30. The second-order valence-electron chi connectivity index (χ2n) is 31.1. The van der Waals surface area contributed by atoms with Crippen LogP contribution in [-0.2, 0) is 89.3 Å². The molecular formula is C102H97ClFN17O15S10. The van der Waals surface area contributed by atoms with Crippen molar-refractivity contribution < 1.29 is 71.6 Å². The van der Waals surface area contributed by atoms with Crippen LogP contribution in [-0.4, -0.2) is 145 Å². The smallest absolute Gasteiger partial charge is 0.235 e. The van der Waals surface area contributed by atoms with Crippen LogP contribution in [0.25, 0.3) is 51.1 Å². The molecule has 16 N–H and O–H groups in total. The van der Waals surface area contributed by atoms with E-state index in [2.05, 4.69) is 168 Å². The Kier molecular flexibility index (Phi) is 38.4. The Morgan fingerprint density at radius 3 is 1.28 bits per heavy atom. The standard InChI is InChI=1S/C22H21N3O3S2.C21H21N3O3S2.C20H18FN3O3S2.C20H20N4O3S2.C19H17ClN4O3S2/c1-3-30(27,28)25-11-9-17-7-4-8-19(18(17)14-25)23-10-5-6-16-12-20(26)22-21(13-16)29-15(2)24-22;1-4-29(25,26)23-14-17-7-5-9-18(11-17)22-10-6-8-16-12-19(27-3)21-20(13-16)28-15(2)24-21;1-3-29(26,27)23-12-15-6-7-16(21)17(9-15)22-8-4-5-14-10-18(25)20-19(11-14)28-13(2)24-20;1-3-29(26,27)23-13-15-6-4-8-16(10-15)22-9-5-7-14-11-17(25)19-18(12-14)28-20(21-2)24-19;1-2-29(26,27)23-11-13-6-3-7-14(17(13)20)22-8-4-5-12-9-15(25)18-16(10-12)28-19(21)24-18/h3-4,7-8,12-13,23,26H,1,9-11,14H2,2H3;4-5,7,9,11-13,22-23H,1,10,14H2,2-3H3;3,6-7,9-11,22-23,25H,1,8,12H2,2H3;3-4,6,8,10-12,22-23,25H,1,9,13H2,2H3,(H,21,24);2-3,6-7,9-10,22-23,25H,1,8,11H2,(H2,21,24). The van der Waals surface area contributed by atoms with E-state index in [1.165, 1.54) is 73.9 Å². The minimum atomic E-state index is -3.56. The van der Waals surface area contributed by atoms with Gasteiger partial charge >= 0.3 is 0 Å². The Hall–Kier alpha value is -14.5. The average molecular weight is 2180 g/mol. The van der Waals surface area contributed by atoms with Gasteiger partial charge in [-0.25, -0.2) is 90.3 Å². The van der Waals surface area contributed by atoms with E-state index in [4.69, 9.17) is 22.1 Å². The summed E-state index contributed by atoms with van der Waals surface area (Å²) in [6.07, 6.45) is 0.664. The van der Waals surface area contributed by atoms with Gasteiger partial charge in [0.05, 0.1) is 94.8 Å². The first kappa shape index (κ1) is 110. The number of sulfonamides is 5. The quantitative estimate of drug-likeness (QED) is 0.0186. The van der Waals surface area contributed by atoms with Crippen molar-refractivity contribution in [1.29, 1.82) is 0 Å². The number of nitrogens with one attached hydrogen (secondary N) is 10. The molecular weight excluding hydrogens is 2080 g/mol. The minimum absolute atomic E-state index is 0.0164. The van der Waals surface area contributed by atoms with Gasteiger partial charge in [-0.3, -0.25) is 0 Å². The van der Waals surface area contributed by atoms with Gasteiger partial charge in [-0.1, -0.05) is 181 Å². The van der Waals surface area contributed by atoms with Crippen molar-refractivity contribution in [3.63, 3.8) is 0 Å². The van der Waals surface area contributed by atoms with Crippen LogP contribution in [0.2, 0.25) is 5.02 Å². The van der Waals surface area contributed by atoms with Gasteiger partial charge < -0.3 is 62.8 Å². The first-order valence-corrected chi connectivity index (χ1v) is 55.8. The highest BCUT2D eigenvalue weighted by Gasteiger charge is 2.27. The number of ether oxygens (including phenoxy) is 1. The Morgan fingerprint density at radius 1 is 0.438 bits per heavy atom. The van der Waals surface area contributed by atoms with Crippen molar-refractivity contribution in [3.05, 3.63) is 311 Å². The first-order chi connectivity index (χ1) is 69.7.